The molecule has 0 fully saturated rings. The highest BCUT2D eigenvalue weighted by Crippen LogP contribution is 2.33. The minimum absolute atomic E-state index is 1.17. The van der Waals surface area contributed by atoms with Gasteiger partial charge in [-0.05, 0) is 34.2 Å². The average molecular weight is 233 g/mol. The quantitative estimate of drug-likeness (QED) is 0.718. The Hall–Kier alpha value is -1.82. The third-order valence-electron chi connectivity index (χ3n) is 3.44. The van der Waals surface area contributed by atoms with Crippen molar-refractivity contribution in [3.05, 3.63) is 77.2 Å². The minimum Gasteiger partial charge on any atom is -0.0651 e. The van der Waals surface area contributed by atoms with Crippen LogP contribution >= 0.6 is 0 Å². The predicted octanol–water partition coefficient (Wildman–Crippen LogP) is 4.75. The molecule has 0 aliphatic heterocycles. The maximum atomic E-state index is 2.27. The lowest BCUT2D eigenvalue weighted by Gasteiger charge is -2.04. The van der Waals surface area contributed by atoms with Gasteiger partial charge in [-0.2, -0.15) is 0 Å². The summed E-state index contributed by atoms with van der Waals surface area (Å²) >= 11 is 0. The number of benzene rings is 2. The van der Waals surface area contributed by atoms with E-state index in [-0.39, 0.29) is 0 Å². The van der Waals surface area contributed by atoms with E-state index in [4.69, 9.17) is 0 Å². The highest BCUT2D eigenvalue weighted by Gasteiger charge is 2.13. The van der Waals surface area contributed by atoms with E-state index in [1.165, 1.54) is 40.7 Å². The van der Waals surface area contributed by atoms with E-state index in [0.717, 1.165) is 0 Å². The summed E-state index contributed by atoms with van der Waals surface area (Å²) in [7, 11) is 0. The van der Waals surface area contributed by atoms with E-state index in [0.29, 0.717) is 0 Å². The summed E-state index contributed by atoms with van der Waals surface area (Å²) in [6.07, 6.45) is 6.91. The standard InChI is InChI=1S/C18H17/c1-2-5-14-8-10-15(11-9-14)18-12-16-6-3-4-7-17(16)13-18/h3-4,6-13H,2,5H2,1H3. The zero-order valence-corrected chi connectivity index (χ0v) is 10.7. The van der Waals surface area contributed by atoms with Crippen LogP contribution in [0.1, 0.15) is 35.6 Å². The van der Waals surface area contributed by atoms with Crippen molar-refractivity contribution in [1.82, 2.24) is 0 Å². The van der Waals surface area contributed by atoms with E-state index >= 15 is 0 Å². The van der Waals surface area contributed by atoms with Gasteiger partial charge in [-0.25, -0.2) is 0 Å². The minimum atomic E-state index is 1.17. The van der Waals surface area contributed by atoms with Gasteiger partial charge in [0.2, 0.25) is 0 Å². The van der Waals surface area contributed by atoms with Crippen LogP contribution in [0.5, 0.6) is 0 Å². The van der Waals surface area contributed by atoms with Crippen molar-refractivity contribution >= 4 is 11.6 Å². The Labute approximate surface area is 109 Å². The van der Waals surface area contributed by atoms with E-state index < -0.39 is 0 Å². The maximum absolute atomic E-state index is 2.27. The van der Waals surface area contributed by atoms with Crippen LogP contribution < -0.4 is 0 Å². The molecule has 1 aliphatic rings. The lowest BCUT2D eigenvalue weighted by Crippen LogP contribution is -1.86. The molecule has 0 unspecified atom stereocenters. The summed E-state index contributed by atoms with van der Waals surface area (Å²) in [5, 5.41) is 0. The Balaban J connectivity index is 1.85. The third-order valence-corrected chi connectivity index (χ3v) is 3.44. The van der Waals surface area contributed by atoms with Crippen LogP contribution in [0.25, 0.3) is 11.6 Å². The van der Waals surface area contributed by atoms with Crippen LogP contribution in [0, 0.1) is 6.42 Å². The number of aryl methyl sites for hydroxylation is 1. The molecule has 0 saturated carbocycles. The molecule has 89 valence electrons. The lowest BCUT2D eigenvalue weighted by atomic mass is 10.0. The summed E-state index contributed by atoms with van der Waals surface area (Å²) in [4.78, 5) is 0. The van der Waals surface area contributed by atoms with Crippen molar-refractivity contribution in [2.45, 2.75) is 19.8 Å². The third kappa shape index (κ3) is 2.11. The van der Waals surface area contributed by atoms with Crippen molar-refractivity contribution in [3.8, 4) is 0 Å². The fraction of sp³-hybridized carbons (Fsp3) is 0.167. The van der Waals surface area contributed by atoms with Gasteiger partial charge in [0.05, 0.1) is 0 Å². The number of hydrogen-bond acceptors (Lipinski definition) is 0. The molecule has 0 heteroatoms. The van der Waals surface area contributed by atoms with E-state index in [9.17, 15) is 0 Å². The van der Waals surface area contributed by atoms with Crippen LogP contribution in [-0.4, -0.2) is 0 Å². The molecule has 0 heterocycles. The highest BCUT2D eigenvalue weighted by atomic mass is 14.2. The van der Waals surface area contributed by atoms with Gasteiger partial charge in [-0.3, -0.25) is 0 Å². The van der Waals surface area contributed by atoms with Crippen molar-refractivity contribution in [2.75, 3.05) is 0 Å². The van der Waals surface area contributed by atoms with Crippen molar-refractivity contribution in [1.29, 1.82) is 0 Å². The van der Waals surface area contributed by atoms with Gasteiger partial charge in [-0.15, -0.1) is 0 Å². The second kappa shape index (κ2) is 4.81. The second-order valence-electron chi connectivity index (χ2n) is 4.82. The smallest absolute Gasteiger partial charge is 0.0211 e. The predicted molar refractivity (Wildman–Crippen MR) is 78.2 cm³/mol. The molecular formula is C18H17. The molecule has 1 radical (unpaired) electrons. The molecule has 18 heavy (non-hydrogen) atoms. The van der Waals surface area contributed by atoms with Crippen molar-refractivity contribution in [2.24, 2.45) is 0 Å². The SMILES string of the molecule is CCCc1ccc(C2=Cc3ccccc3[CH]2)cc1. The highest BCUT2D eigenvalue weighted by molar-refractivity contribution is 5.94. The summed E-state index contributed by atoms with van der Waals surface area (Å²) in [6, 6.07) is 17.5. The molecular weight excluding hydrogens is 216 g/mol. The molecule has 0 spiro atoms. The van der Waals surface area contributed by atoms with Gasteiger partial charge in [0.25, 0.3) is 0 Å². The number of hydrogen-bond donors (Lipinski definition) is 0. The largest absolute Gasteiger partial charge is 0.0651 e. The summed E-state index contributed by atoms with van der Waals surface area (Å²) in [5.74, 6) is 0. The lowest BCUT2D eigenvalue weighted by molar-refractivity contribution is 0.922. The first kappa shape index (κ1) is 11.3. The number of fused-ring (bicyclic) bond motifs is 1. The van der Waals surface area contributed by atoms with Gasteiger partial charge in [0.15, 0.2) is 0 Å². The molecule has 3 rings (SSSR count). The van der Waals surface area contributed by atoms with E-state index in [2.05, 4.69) is 68.0 Å². The topological polar surface area (TPSA) is 0 Å². The van der Waals surface area contributed by atoms with Gasteiger partial charge < -0.3 is 0 Å². The van der Waals surface area contributed by atoms with Gasteiger partial charge in [0, 0.05) is 6.42 Å². The Kier molecular flexibility index (Phi) is 3.02. The Bertz CT molecular complexity index is 573. The molecule has 0 N–H and O–H groups in total. The summed E-state index contributed by atoms with van der Waals surface area (Å²) in [5.41, 5.74) is 6.71. The van der Waals surface area contributed by atoms with Crippen LogP contribution in [0.3, 0.4) is 0 Å². The second-order valence-corrected chi connectivity index (χ2v) is 4.82. The average Bonchev–Trinajstić information content (AvgIpc) is 2.84. The Morgan fingerprint density at radius 3 is 2.22 bits per heavy atom. The molecule has 0 aromatic heterocycles. The van der Waals surface area contributed by atoms with Crippen LogP contribution in [0.15, 0.2) is 48.5 Å². The van der Waals surface area contributed by atoms with Crippen molar-refractivity contribution in [3.63, 3.8) is 0 Å². The molecule has 2 aromatic rings. The molecule has 2 aromatic carbocycles. The first-order chi connectivity index (χ1) is 8.86. The van der Waals surface area contributed by atoms with Crippen LogP contribution in [0.4, 0.5) is 0 Å². The van der Waals surface area contributed by atoms with Gasteiger partial charge in [-0.1, -0.05) is 68.0 Å². The normalized spacial score (nSPS) is 13.3. The molecule has 0 nitrogen and oxygen atoms in total. The molecule has 0 saturated heterocycles. The van der Waals surface area contributed by atoms with E-state index in [1.54, 1.807) is 0 Å². The molecule has 1 aliphatic carbocycles. The number of rotatable bonds is 3. The van der Waals surface area contributed by atoms with Crippen LogP contribution in [0.2, 0.25) is 0 Å². The monoisotopic (exact) mass is 233 g/mol. The molecule has 0 bridgehead atoms. The Morgan fingerprint density at radius 1 is 0.833 bits per heavy atom. The molecule has 0 amide bonds. The zero-order valence-electron chi connectivity index (χ0n) is 10.7. The summed E-state index contributed by atoms with van der Waals surface area (Å²) < 4.78 is 0. The first-order valence-corrected chi connectivity index (χ1v) is 6.61. The van der Waals surface area contributed by atoms with E-state index in [1.807, 2.05) is 0 Å². The first-order valence-electron chi connectivity index (χ1n) is 6.61. The zero-order chi connectivity index (χ0) is 12.4. The maximum Gasteiger partial charge on any atom is 0.0211 e. The fourth-order valence-electron chi connectivity index (χ4n) is 2.47. The van der Waals surface area contributed by atoms with Gasteiger partial charge in [0.1, 0.15) is 0 Å². The Morgan fingerprint density at radius 2 is 1.56 bits per heavy atom. The fourth-order valence-corrected chi connectivity index (χ4v) is 2.47. The van der Waals surface area contributed by atoms with Crippen LogP contribution in [-0.2, 0) is 6.42 Å². The number of allylic oxidation sites excluding steroid dienone is 1. The summed E-state index contributed by atoms with van der Waals surface area (Å²) in [6.45, 7) is 2.22. The molecule has 0 atom stereocenters. The van der Waals surface area contributed by atoms with Gasteiger partial charge >= 0.3 is 0 Å². The van der Waals surface area contributed by atoms with Crippen molar-refractivity contribution < 1.29 is 0 Å².